The van der Waals surface area contributed by atoms with Gasteiger partial charge in [-0.3, -0.25) is 4.79 Å². The minimum atomic E-state index is -0.117. The minimum absolute atomic E-state index is 0.117. The highest BCUT2D eigenvalue weighted by Crippen LogP contribution is 2.30. The lowest BCUT2D eigenvalue weighted by molar-refractivity contribution is 0.0627. The van der Waals surface area contributed by atoms with E-state index >= 15 is 0 Å². The number of fused-ring (bicyclic) bond motifs is 1. The zero-order valence-corrected chi connectivity index (χ0v) is 17.4. The fraction of sp³-hybridized carbons (Fsp3) is 0.261. The van der Waals surface area contributed by atoms with Crippen LogP contribution in [0, 0.1) is 0 Å². The van der Waals surface area contributed by atoms with Gasteiger partial charge in [-0.2, -0.15) is 0 Å². The van der Waals surface area contributed by atoms with Crippen molar-refractivity contribution in [3.05, 3.63) is 60.4 Å². The molecule has 0 unspecified atom stereocenters. The predicted octanol–water partition coefficient (Wildman–Crippen LogP) is 3.88. The van der Waals surface area contributed by atoms with E-state index in [1.807, 2.05) is 30.3 Å². The predicted molar refractivity (Wildman–Crippen MR) is 115 cm³/mol. The Bertz CT molecular complexity index is 1140. The van der Waals surface area contributed by atoms with Crippen molar-refractivity contribution in [3.8, 4) is 22.8 Å². The van der Waals surface area contributed by atoms with Crippen molar-refractivity contribution >= 4 is 16.9 Å². The van der Waals surface area contributed by atoms with Gasteiger partial charge in [0.15, 0.2) is 5.58 Å². The molecule has 0 N–H and O–H groups in total. The van der Waals surface area contributed by atoms with E-state index in [4.69, 9.17) is 18.4 Å². The number of aromatic nitrogens is 2. The van der Waals surface area contributed by atoms with Crippen LogP contribution < -0.4 is 0 Å². The molecule has 2 aromatic heterocycles. The van der Waals surface area contributed by atoms with Gasteiger partial charge >= 0.3 is 0 Å². The summed E-state index contributed by atoms with van der Waals surface area (Å²) in [6.45, 7) is 1.82. The van der Waals surface area contributed by atoms with Crippen LogP contribution in [0.5, 0.6) is 0 Å². The van der Waals surface area contributed by atoms with Gasteiger partial charge < -0.3 is 23.3 Å². The first-order chi connectivity index (χ1) is 15.2. The Morgan fingerprint density at radius 3 is 2.48 bits per heavy atom. The Morgan fingerprint density at radius 2 is 1.77 bits per heavy atom. The molecular formula is C23H23N3O5. The number of benzene rings is 2. The second-order valence-electron chi connectivity index (χ2n) is 6.92. The molecule has 160 valence electrons. The molecule has 8 nitrogen and oxygen atoms in total. The van der Waals surface area contributed by atoms with E-state index in [1.165, 1.54) is 6.26 Å². The number of hydrogen-bond donors (Lipinski definition) is 0. The zero-order valence-electron chi connectivity index (χ0n) is 17.4. The smallest absolute Gasteiger partial charge is 0.254 e. The number of carbonyl (C=O) groups is 1. The van der Waals surface area contributed by atoms with Crippen LogP contribution in [0.3, 0.4) is 0 Å². The van der Waals surface area contributed by atoms with Gasteiger partial charge in [-0.25, -0.2) is 4.98 Å². The lowest BCUT2D eigenvalue weighted by Gasteiger charge is -2.22. The highest BCUT2D eigenvalue weighted by Gasteiger charge is 2.20. The number of amides is 1. The van der Waals surface area contributed by atoms with Crippen LogP contribution in [-0.2, 0) is 9.47 Å². The van der Waals surface area contributed by atoms with Gasteiger partial charge in [0.05, 0.1) is 18.6 Å². The Kier molecular flexibility index (Phi) is 6.40. The third kappa shape index (κ3) is 4.50. The van der Waals surface area contributed by atoms with Crippen molar-refractivity contribution < 1.29 is 23.2 Å². The molecule has 4 rings (SSSR count). The van der Waals surface area contributed by atoms with E-state index in [0.717, 1.165) is 5.56 Å². The van der Waals surface area contributed by atoms with Crippen molar-refractivity contribution in [1.29, 1.82) is 0 Å². The van der Waals surface area contributed by atoms with Gasteiger partial charge in [-0.1, -0.05) is 23.4 Å². The van der Waals surface area contributed by atoms with Gasteiger partial charge in [-0.05, 0) is 30.3 Å². The average molecular weight is 421 g/mol. The van der Waals surface area contributed by atoms with E-state index in [0.29, 0.717) is 60.1 Å². The van der Waals surface area contributed by atoms with Crippen molar-refractivity contribution in [2.45, 2.75) is 0 Å². The molecule has 2 aromatic carbocycles. The summed E-state index contributed by atoms with van der Waals surface area (Å²) in [5.74, 6) is 0.373. The summed E-state index contributed by atoms with van der Waals surface area (Å²) in [5, 5.41) is 4.85. The molecule has 0 radical (unpaired) electrons. The van der Waals surface area contributed by atoms with Crippen molar-refractivity contribution in [3.63, 3.8) is 0 Å². The van der Waals surface area contributed by atoms with Gasteiger partial charge in [0.25, 0.3) is 5.91 Å². The summed E-state index contributed by atoms with van der Waals surface area (Å²) in [4.78, 5) is 19.3. The van der Waals surface area contributed by atoms with E-state index < -0.39 is 0 Å². The third-order valence-corrected chi connectivity index (χ3v) is 4.90. The highest BCUT2D eigenvalue weighted by molar-refractivity contribution is 6.00. The molecule has 1 amide bonds. The molecule has 2 heterocycles. The lowest BCUT2D eigenvalue weighted by atomic mass is 10.1. The Balaban J connectivity index is 1.65. The molecule has 8 heteroatoms. The standard InChI is InChI=1S/C23H23N3O5/c1-28-12-10-26(11-13-29-2)23(27)17-8-9-20-18(14-17)21(25-31-20)19-15-30-22(24-19)16-6-4-3-5-7-16/h3-9,14-15H,10-13H2,1-2H3. The molecule has 4 aromatic rings. The molecule has 0 spiro atoms. The summed E-state index contributed by atoms with van der Waals surface area (Å²) in [6.07, 6.45) is 1.54. The van der Waals surface area contributed by atoms with Crippen molar-refractivity contribution in [2.75, 3.05) is 40.5 Å². The average Bonchev–Trinajstić information content (AvgIpc) is 3.46. The van der Waals surface area contributed by atoms with Crippen molar-refractivity contribution in [2.24, 2.45) is 0 Å². The van der Waals surface area contributed by atoms with Gasteiger partial charge in [-0.15, -0.1) is 0 Å². The molecule has 0 aliphatic carbocycles. The molecular weight excluding hydrogens is 398 g/mol. The minimum Gasteiger partial charge on any atom is -0.444 e. The second kappa shape index (κ2) is 9.55. The normalized spacial score (nSPS) is 11.2. The number of methoxy groups -OCH3 is 2. The van der Waals surface area contributed by atoms with E-state index in [1.54, 1.807) is 37.3 Å². The summed E-state index contributed by atoms with van der Waals surface area (Å²) in [5.41, 5.74) is 3.02. The molecule has 0 bridgehead atoms. The summed E-state index contributed by atoms with van der Waals surface area (Å²) in [7, 11) is 3.21. The topological polar surface area (TPSA) is 90.8 Å². The lowest BCUT2D eigenvalue weighted by Crippen LogP contribution is -2.36. The number of ether oxygens (including phenoxy) is 2. The molecule has 31 heavy (non-hydrogen) atoms. The van der Waals surface area contributed by atoms with Crippen LogP contribution in [-0.4, -0.2) is 61.5 Å². The van der Waals surface area contributed by atoms with Gasteiger partial charge in [0, 0.05) is 38.4 Å². The third-order valence-electron chi connectivity index (χ3n) is 4.90. The summed E-state index contributed by atoms with van der Waals surface area (Å²) < 4.78 is 21.3. The molecule has 0 fully saturated rings. The molecule has 0 aliphatic heterocycles. The number of oxazole rings is 1. The van der Waals surface area contributed by atoms with Gasteiger partial charge in [0.2, 0.25) is 5.89 Å². The monoisotopic (exact) mass is 421 g/mol. The maximum atomic E-state index is 13.1. The number of hydrogen-bond acceptors (Lipinski definition) is 7. The van der Waals surface area contributed by atoms with E-state index in [9.17, 15) is 4.79 Å². The van der Waals surface area contributed by atoms with Crippen molar-refractivity contribution in [1.82, 2.24) is 15.0 Å². The molecule has 0 saturated carbocycles. The number of carbonyl (C=O) groups excluding carboxylic acids is 1. The highest BCUT2D eigenvalue weighted by atomic mass is 16.5. The van der Waals surface area contributed by atoms with E-state index in [2.05, 4.69) is 10.1 Å². The van der Waals surface area contributed by atoms with Crippen LogP contribution in [0.25, 0.3) is 33.8 Å². The largest absolute Gasteiger partial charge is 0.444 e. The van der Waals surface area contributed by atoms with Gasteiger partial charge in [0.1, 0.15) is 17.7 Å². The van der Waals surface area contributed by atoms with Crippen LogP contribution in [0.2, 0.25) is 0 Å². The van der Waals surface area contributed by atoms with Crippen LogP contribution in [0.1, 0.15) is 10.4 Å². The fourth-order valence-electron chi connectivity index (χ4n) is 3.25. The zero-order chi connectivity index (χ0) is 21.6. The molecule has 0 saturated heterocycles. The number of rotatable bonds is 9. The molecule has 0 atom stereocenters. The second-order valence-corrected chi connectivity index (χ2v) is 6.92. The summed E-state index contributed by atoms with van der Waals surface area (Å²) in [6, 6.07) is 14.8. The fourth-order valence-corrected chi connectivity index (χ4v) is 3.25. The quantitative estimate of drug-likeness (QED) is 0.405. The first-order valence-corrected chi connectivity index (χ1v) is 9.89. The maximum absolute atomic E-state index is 13.1. The van der Waals surface area contributed by atoms with Crippen LogP contribution in [0.15, 0.2) is 63.7 Å². The Labute approximate surface area is 179 Å². The number of nitrogens with zero attached hydrogens (tertiary/aromatic N) is 3. The van der Waals surface area contributed by atoms with E-state index in [-0.39, 0.29) is 5.91 Å². The molecule has 0 aliphatic rings. The van der Waals surface area contributed by atoms with Crippen LogP contribution in [0.4, 0.5) is 0 Å². The summed E-state index contributed by atoms with van der Waals surface area (Å²) >= 11 is 0. The van der Waals surface area contributed by atoms with Crippen LogP contribution >= 0.6 is 0 Å². The maximum Gasteiger partial charge on any atom is 0.254 e. The first kappa shape index (κ1) is 20.8. The Morgan fingerprint density at radius 1 is 1.03 bits per heavy atom. The first-order valence-electron chi connectivity index (χ1n) is 9.89. The Hall–Kier alpha value is -3.49. The SMILES string of the molecule is COCCN(CCOC)C(=O)c1ccc2onc(-c3coc(-c4ccccc4)n3)c2c1.